The standard InChI is InChI=1S/C12H18ClNO/c1-8-6-9(13)4-5-10(8)11(14)12(2,3)7-15/h4-6,11,15H,7,14H2,1-3H3/t11-/m1/s1. The molecule has 3 N–H and O–H groups in total. The molecule has 2 nitrogen and oxygen atoms in total. The molecule has 15 heavy (non-hydrogen) atoms. The number of hydrogen-bond acceptors (Lipinski definition) is 2. The van der Waals surface area contributed by atoms with Gasteiger partial charge in [0.25, 0.3) is 0 Å². The molecule has 0 heterocycles. The summed E-state index contributed by atoms with van der Waals surface area (Å²) in [4.78, 5) is 0. The molecule has 0 aromatic heterocycles. The lowest BCUT2D eigenvalue weighted by Crippen LogP contribution is -2.32. The normalized spacial score (nSPS) is 14.0. The lowest BCUT2D eigenvalue weighted by Gasteiger charge is -2.30. The molecule has 3 heteroatoms. The number of aryl methyl sites for hydroxylation is 1. The van der Waals surface area contributed by atoms with Crippen molar-refractivity contribution in [2.75, 3.05) is 6.61 Å². The largest absolute Gasteiger partial charge is 0.396 e. The third kappa shape index (κ3) is 2.71. The molecule has 0 fully saturated rings. The Balaban J connectivity index is 3.06. The summed E-state index contributed by atoms with van der Waals surface area (Å²) in [5, 5.41) is 9.98. The number of benzene rings is 1. The Morgan fingerprint density at radius 2 is 2.07 bits per heavy atom. The monoisotopic (exact) mass is 227 g/mol. The first-order valence-corrected chi connectivity index (χ1v) is 5.39. The van der Waals surface area contributed by atoms with Crippen molar-refractivity contribution in [3.8, 4) is 0 Å². The number of aliphatic hydroxyl groups is 1. The van der Waals surface area contributed by atoms with Crippen LogP contribution in [-0.4, -0.2) is 11.7 Å². The minimum Gasteiger partial charge on any atom is -0.396 e. The van der Waals surface area contributed by atoms with Gasteiger partial charge in [-0.2, -0.15) is 0 Å². The zero-order valence-electron chi connectivity index (χ0n) is 9.42. The Labute approximate surface area is 96.1 Å². The van der Waals surface area contributed by atoms with E-state index in [4.69, 9.17) is 17.3 Å². The van der Waals surface area contributed by atoms with Crippen molar-refractivity contribution in [3.05, 3.63) is 34.3 Å². The molecule has 0 aliphatic carbocycles. The Kier molecular flexibility index (Phi) is 3.77. The fourth-order valence-electron chi connectivity index (χ4n) is 1.51. The number of nitrogens with two attached hydrogens (primary N) is 1. The summed E-state index contributed by atoms with van der Waals surface area (Å²) in [6, 6.07) is 5.47. The maximum atomic E-state index is 9.27. The Bertz CT molecular complexity index is 349. The van der Waals surface area contributed by atoms with E-state index in [9.17, 15) is 5.11 Å². The maximum absolute atomic E-state index is 9.27. The van der Waals surface area contributed by atoms with Gasteiger partial charge >= 0.3 is 0 Å². The molecule has 0 spiro atoms. The average Bonchev–Trinajstić information content (AvgIpc) is 2.17. The van der Waals surface area contributed by atoms with Crippen molar-refractivity contribution < 1.29 is 5.11 Å². The van der Waals surface area contributed by atoms with Crippen molar-refractivity contribution in [2.45, 2.75) is 26.8 Å². The van der Waals surface area contributed by atoms with Crippen LogP contribution in [0.2, 0.25) is 5.02 Å². The van der Waals surface area contributed by atoms with Crippen LogP contribution < -0.4 is 5.73 Å². The Morgan fingerprint density at radius 3 is 2.53 bits per heavy atom. The van der Waals surface area contributed by atoms with E-state index in [1.807, 2.05) is 39.0 Å². The van der Waals surface area contributed by atoms with Crippen LogP contribution in [0.3, 0.4) is 0 Å². The van der Waals surface area contributed by atoms with Crippen molar-refractivity contribution in [2.24, 2.45) is 11.1 Å². The maximum Gasteiger partial charge on any atom is 0.0500 e. The Morgan fingerprint density at radius 1 is 1.47 bits per heavy atom. The van der Waals surface area contributed by atoms with E-state index < -0.39 is 0 Å². The molecule has 0 saturated heterocycles. The number of aliphatic hydroxyl groups excluding tert-OH is 1. The van der Waals surface area contributed by atoms with Gasteiger partial charge in [0.2, 0.25) is 0 Å². The van der Waals surface area contributed by atoms with Gasteiger partial charge in [-0.25, -0.2) is 0 Å². The fraction of sp³-hybridized carbons (Fsp3) is 0.500. The van der Waals surface area contributed by atoms with Crippen LogP contribution in [0, 0.1) is 12.3 Å². The molecule has 0 aliphatic heterocycles. The average molecular weight is 228 g/mol. The zero-order chi connectivity index (χ0) is 11.6. The highest BCUT2D eigenvalue weighted by Gasteiger charge is 2.27. The van der Waals surface area contributed by atoms with Gasteiger partial charge in [0.1, 0.15) is 0 Å². The summed E-state index contributed by atoms with van der Waals surface area (Å²) in [5.41, 5.74) is 7.92. The highest BCUT2D eigenvalue weighted by Crippen LogP contribution is 2.33. The van der Waals surface area contributed by atoms with E-state index in [1.54, 1.807) is 0 Å². The minimum absolute atomic E-state index is 0.0657. The minimum atomic E-state index is -0.321. The topological polar surface area (TPSA) is 46.2 Å². The van der Waals surface area contributed by atoms with E-state index in [0.717, 1.165) is 11.1 Å². The number of rotatable bonds is 3. The molecule has 0 bridgehead atoms. The van der Waals surface area contributed by atoms with Crippen LogP contribution in [0.5, 0.6) is 0 Å². The van der Waals surface area contributed by atoms with Gasteiger partial charge in [-0.05, 0) is 30.2 Å². The molecule has 0 aliphatic rings. The molecule has 1 rings (SSSR count). The highest BCUT2D eigenvalue weighted by atomic mass is 35.5. The van der Waals surface area contributed by atoms with E-state index >= 15 is 0 Å². The summed E-state index contributed by atoms with van der Waals surface area (Å²) in [6.45, 7) is 5.95. The molecule has 0 unspecified atom stereocenters. The first-order valence-electron chi connectivity index (χ1n) is 5.01. The predicted molar refractivity (Wildman–Crippen MR) is 64.0 cm³/mol. The van der Waals surface area contributed by atoms with Crippen LogP contribution in [0.25, 0.3) is 0 Å². The molecule has 1 aromatic rings. The molecule has 1 aromatic carbocycles. The van der Waals surface area contributed by atoms with E-state index in [-0.39, 0.29) is 18.1 Å². The van der Waals surface area contributed by atoms with Gasteiger partial charge in [0.15, 0.2) is 0 Å². The second-order valence-corrected chi connectivity index (χ2v) is 5.06. The fourth-order valence-corrected chi connectivity index (χ4v) is 1.73. The molecule has 84 valence electrons. The van der Waals surface area contributed by atoms with Gasteiger partial charge in [0.05, 0.1) is 0 Å². The molecule has 1 atom stereocenters. The first-order chi connectivity index (χ1) is 6.88. The van der Waals surface area contributed by atoms with Crippen molar-refractivity contribution in [3.63, 3.8) is 0 Å². The second-order valence-electron chi connectivity index (χ2n) is 4.63. The van der Waals surface area contributed by atoms with Crippen LogP contribution in [-0.2, 0) is 0 Å². The van der Waals surface area contributed by atoms with E-state index in [0.29, 0.717) is 5.02 Å². The lowest BCUT2D eigenvalue weighted by atomic mass is 9.80. The van der Waals surface area contributed by atoms with Gasteiger partial charge in [0, 0.05) is 23.1 Å². The van der Waals surface area contributed by atoms with Gasteiger partial charge in [-0.3, -0.25) is 0 Å². The van der Waals surface area contributed by atoms with Crippen LogP contribution in [0.15, 0.2) is 18.2 Å². The van der Waals surface area contributed by atoms with Crippen molar-refractivity contribution in [1.82, 2.24) is 0 Å². The molecule has 0 radical (unpaired) electrons. The van der Waals surface area contributed by atoms with Crippen LogP contribution in [0.1, 0.15) is 31.0 Å². The highest BCUT2D eigenvalue weighted by molar-refractivity contribution is 6.30. The summed E-state index contributed by atoms with van der Waals surface area (Å²) in [7, 11) is 0. The van der Waals surface area contributed by atoms with E-state index in [1.165, 1.54) is 0 Å². The molecular weight excluding hydrogens is 210 g/mol. The van der Waals surface area contributed by atoms with Gasteiger partial charge < -0.3 is 10.8 Å². The van der Waals surface area contributed by atoms with Gasteiger partial charge in [-0.15, -0.1) is 0 Å². The number of hydrogen-bond donors (Lipinski definition) is 2. The third-order valence-corrected chi connectivity index (χ3v) is 3.05. The third-order valence-electron chi connectivity index (χ3n) is 2.82. The van der Waals surface area contributed by atoms with E-state index in [2.05, 4.69) is 0 Å². The quantitative estimate of drug-likeness (QED) is 0.834. The summed E-state index contributed by atoms with van der Waals surface area (Å²) in [5.74, 6) is 0. The Hall–Kier alpha value is -0.570. The smallest absolute Gasteiger partial charge is 0.0500 e. The zero-order valence-corrected chi connectivity index (χ0v) is 10.2. The van der Waals surface area contributed by atoms with Crippen LogP contribution in [0.4, 0.5) is 0 Å². The summed E-state index contributed by atoms with van der Waals surface area (Å²) < 4.78 is 0. The molecular formula is C12H18ClNO. The SMILES string of the molecule is Cc1cc(Cl)ccc1[C@@H](N)C(C)(C)CO. The molecule has 0 amide bonds. The summed E-state index contributed by atoms with van der Waals surface area (Å²) in [6.07, 6.45) is 0. The first kappa shape index (κ1) is 12.5. The summed E-state index contributed by atoms with van der Waals surface area (Å²) >= 11 is 5.88. The lowest BCUT2D eigenvalue weighted by molar-refractivity contribution is 0.132. The molecule has 0 saturated carbocycles. The number of halogens is 1. The second kappa shape index (κ2) is 4.52. The van der Waals surface area contributed by atoms with Crippen LogP contribution >= 0.6 is 11.6 Å². The van der Waals surface area contributed by atoms with Crippen molar-refractivity contribution >= 4 is 11.6 Å². The van der Waals surface area contributed by atoms with Crippen molar-refractivity contribution in [1.29, 1.82) is 0 Å². The predicted octanol–water partition coefficient (Wildman–Crippen LogP) is 2.67. The van der Waals surface area contributed by atoms with Gasteiger partial charge in [-0.1, -0.05) is 31.5 Å².